The summed E-state index contributed by atoms with van der Waals surface area (Å²) >= 11 is 0. The second kappa shape index (κ2) is 7.92. The second-order valence-corrected chi connectivity index (χ2v) is 4.79. The minimum Gasteiger partial charge on any atom is -0.395 e. The Morgan fingerprint density at radius 3 is 2.42 bits per heavy atom. The standard InChI is InChI=1S/C15H23NO3/c1-12(2)16(9-10-17)15(18)13(3)19-11-14-7-5-4-6-8-14/h4-8,12-13,17H,9-11H2,1-3H3. The van der Waals surface area contributed by atoms with E-state index >= 15 is 0 Å². The van der Waals surface area contributed by atoms with Crippen LogP contribution >= 0.6 is 0 Å². The molecule has 1 aromatic carbocycles. The van der Waals surface area contributed by atoms with Crippen LogP contribution < -0.4 is 0 Å². The summed E-state index contributed by atoms with van der Waals surface area (Å²) in [5, 5.41) is 8.99. The fourth-order valence-corrected chi connectivity index (χ4v) is 1.83. The summed E-state index contributed by atoms with van der Waals surface area (Å²) in [4.78, 5) is 13.8. The smallest absolute Gasteiger partial charge is 0.251 e. The van der Waals surface area contributed by atoms with E-state index in [9.17, 15) is 4.79 Å². The molecule has 0 aliphatic carbocycles. The lowest BCUT2D eigenvalue weighted by atomic mass is 10.2. The van der Waals surface area contributed by atoms with E-state index in [1.165, 1.54) is 0 Å². The first-order chi connectivity index (χ1) is 9.06. The average Bonchev–Trinajstić information content (AvgIpc) is 2.42. The molecular formula is C15H23NO3. The molecule has 0 fully saturated rings. The summed E-state index contributed by atoms with van der Waals surface area (Å²) in [6.07, 6.45) is -0.505. The molecule has 0 radical (unpaired) electrons. The van der Waals surface area contributed by atoms with Gasteiger partial charge >= 0.3 is 0 Å². The molecule has 4 heteroatoms. The van der Waals surface area contributed by atoms with E-state index in [2.05, 4.69) is 0 Å². The lowest BCUT2D eigenvalue weighted by molar-refractivity contribution is -0.145. The molecule has 1 N–H and O–H groups in total. The molecule has 19 heavy (non-hydrogen) atoms. The first kappa shape index (κ1) is 15.7. The van der Waals surface area contributed by atoms with Gasteiger partial charge in [0, 0.05) is 12.6 Å². The highest BCUT2D eigenvalue weighted by molar-refractivity contribution is 5.80. The van der Waals surface area contributed by atoms with E-state index in [4.69, 9.17) is 9.84 Å². The maximum absolute atomic E-state index is 12.2. The van der Waals surface area contributed by atoms with Crippen LogP contribution in [-0.2, 0) is 16.1 Å². The predicted octanol–water partition coefficient (Wildman–Crippen LogP) is 1.82. The molecule has 1 atom stereocenters. The van der Waals surface area contributed by atoms with Gasteiger partial charge in [0.1, 0.15) is 6.10 Å². The van der Waals surface area contributed by atoms with Crippen molar-refractivity contribution < 1.29 is 14.6 Å². The Hall–Kier alpha value is -1.39. The summed E-state index contributed by atoms with van der Waals surface area (Å²) in [6, 6.07) is 9.81. The van der Waals surface area contributed by atoms with Crippen LogP contribution in [0.4, 0.5) is 0 Å². The zero-order valence-corrected chi connectivity index (χ0v) is 11.9. The zero-order valence-electron chi connectivity index (χ0n) is 11.9. The van der Waals surface area contributed by atoms with Crippen LogP contribution in [0.15, 0.2) is 30.3 Å². The number of aliphatic hydroxyl groups is 1. The highest BCUT2D eigenvalue weighted by Gasteiger charge is 2.22. The molecule has 0 aliphatic rings. The molecule has 1 rings (SSSR count). The largest absolute Gasteiger partial charge is 0.395 e. The summed E-state index contributed by atoms with van der Waals surface area (Å²) < 4.78 is 5.59. The average molecular weight is 265 g/mol. The van der Waals surface area contributed by atoms with Crippen LogP contribution in [0.3, 0.4) is 0 Å². The molecule has 0 spiro atoms. The third kappa shape index (κ3) is 5.01. The highest BCUT2D eigenvalue weighted by atomic mass is 16.5. The van der Waals surface area contributed by atoms with Gasteiger partial charge in [0.05, 0.1) is 13.2 Å². The molecule has 0 bridgehead atoms. The van der Waals surface area contributed by atoms with Gasteiger partial charge in [-0.15, -0.1) is 0 Å². The van der Waals surface area contributed by atoms with Gasteiger partial charge in [-0.2, -0.15) is 0 Å². The topological polar surface area (TPSA) is 49.8 Å². The third-order valence-corrected chi connectivity index (χ3v) is 2.94. The van der Waals surface area contributed by atoms with Gasteiger partial charge in [-0.05, 0) is 26.3 Å². The second-order valence-electron chi connectivity index (χ2n) is 4.79. The Morgan fingerprint density at radius 1 is 1.26 bits per heavy atom. The maximum Gasteiger partial charge on any atom is 0.251 e. The third-order valence-electron chi connectivity index (χ3n) is 2.94. The van der Waals surface area contributed by atoms with Gasteiger partial charge in [-0.1, -0.05) is 30.3 Å². The Balaban J connectivity index is 2.51. The van der Waals surface area contributed by atoms with Gasteiger partial charge in [-0.3, -0.25) is 4.79 Å². The van der Waals surface area contributed by atoms with Gasteiger partial charge in [0.15, 0.2) is 0 Å². The Labute approximate surface area is 115 Å². The van der Waals surface area contributed by atoms with E-state index in [1.54, 1.807) is 11.8 Å². The molecule has 1 aromatic rings. The van der Waals surface area contributed by atoms with Crippen molar-refractivity contribution in [2.75, 3.05) is 13.2 Å². The zero-order chi connectivity index (χ0) is 14.3. The number of rotatable bonds is 7. The van der Waals surface area contributed by atoms with Crippen molar-refractivity contribution in [1.82, 2.24) is 4.90 Å². The van der Waals surface area contributed by atoms with Crippen LogP contribution in [-0.4, -0.2) is 41.2 Å². The minimum absolute atomic E-state index is 0.0324. The van der Waals surface area contributed by atoms with Crippen LogP contribution in [0.25, 0.3) is 0 Å². The van der Waals surface area contributed by atoms with Gasteiger partial charge in [0.2, 0.25) is 0 Å². The molecule has 0 aliphatic heterocycles. The first-order valence-electron chi connectivity index (χ1n) is 6.63. The van der Waals surface area contributed by atoms with Gasteiger partial charge in [0.25, 0.3) is 5.91 Å². The predicted molar refractivity (Wildman–Crippen MR) is 74.6 cm³/mol. The van der Waals surface area contributed by atoms with Crippen molar-refractivity contribution >= 4 is 5.91 Å². The number of hydrogen-bond donors (Lipinski definition) is 1. The normalized spacial score (nSPS) is 12.5. The lowest BCUT2D eigenvalue weighted by Crippen LogP contribution is -2.44. The molecule has 106 valence electrons. The number of amides is 1. The molecule has 0 saturated carbocycles. The van der Waals surface area contributed by atoms with Gasteiger partial charge < -0.3 is 14.7 Å². The summed E-state index contributed by atoms with van der Waals surface area (Å²) in [6.45, 7) is 6.33. The molecule has 1 unspecified atom stereocenters. The van der Waals surface area contributed by atoms with Crippen molar-refractivity contribution in [3.8, 4) is 0 Å². The van der Waals surface area contributed by atoms with Crippen LogP contribution in [0.5, 0.6) is 0 Å². The first-order valence-corrected chi connectivity index (χ1v) is 6.63. The number of aliphatic hydroxyl groups excluding tert-OH is 1. The van der Waals surface area contributed by atoms with E-state index in [1.807, 2.05) is 44.2 Å². The van der Waals surface area contributed by atoms with E-state index in [0.717, 1.165) is 5.56 Å². The fourth-order valence-electron chi connectivity index (χ4n) is 1.83. The Morgan fingerprint density at radius 2 is 1.89 bits per heavy atom. The summed E-state index contributed by atoms with van der Waals surface area (Å²) in [7, 11) is 0. The number of benzene rings is 1. The molecule has 0 aromatic heterocycles. The number of nitrogens with zero attached hydrogens (tertiary/aromatic N) is 1. The van der Waals surface area contributed by atoms with Crippen molar-refractivity contribution in [2.45, 2.75) is 39.5 Å². The quantitative estimate of drug-likeness (QED) is 0.818. The van der Waals surface area contributed by atoms with E-state index in [0.29, 0.717) is 13.2 Å². The van der Waals surface area contributed by atoms with Crippen LogP contribution in [0.2, 0.25) is 0 Å². The lowest BCUT2D eigenvalue weighted by Gasteiger charge is -2.28. The van der Waals surface area contributed by atoms with Crippen molar-refractivity contribution in [1.29, 1.82) is 0 Å². The van der Waals surface area contributed by atoms with Crippen LogP contribution in [0.1, 0.15) is 26.3 Å². The van der Waals surface area contributed by atoms with Crippen molar-refractivity contribution in [2.24, 2.45) is 0 Å². The summed E-state index contributed by atoms with van der Waals surface area (Å²) in [5.41, 5.74) is 1.04. The van der Waals surface area contributed by atoms with E-state index in [-0.39, 0.29) is 18.6 Å². The molecule has 0 heterocycles. The number of carbonyl (C=O) groups is 1. The van der Waals surface area contributed by atoms with E-state index < -0.39 is 6.10 Å². The van der Waals surface area contributed by atoms with Crippen molar-refractivity contribution in [3.63, 3.8) is 0 Å². The molecule has 0 saturated heterocycles. The SMILES string of the molecule is CC(OCc1ccccc1)C(=O)N(CCO)C(C)C. The Kier molecular flexibility index (Phi) is 6.53. The highest BCUT2D eigenvalue weighted by Crippen LogP contribution is 2.08. The number of carbonyl (C=O) groups excluding carboxylic acids is 1. The van der Waals surface area contributed by atoms with Crippen LogP contribution in [0, 0.1) is 0 Å². The summed E-state index contributed by atoms with van der Waals surface area (Å²) in [5.74, 6) is -0.0834. The fraction of sp³-hybridized carbons (Fsp3) is 0.533. The Bertz CT molecular complexity index is 378. The maximum atomic E-state index is 12.2. The molecule has 1 amide bonds. The number of ether oxygens (including phenoxy) is 1. The van der Waals surface area contributed by atoms with Crippen molar-refractivity contribution in [3.05, 3.63) is 35.9 Å². The molecule has 4 nitrogen and oxygen atoms in total. The number of hydrogen-bond acceptors (Lipinski definition) is 3. The monoisotopic (exact) mass is 265 g/mol. The minimum atomic E-state index is -0.505. The van der Waals surface area contributed by atoms with Gasteiger partial charge in [-0.25, -0.2) is 0 Å². The molecular weight excluding hydrogens is 242 g/mol.